The Balaban J connectivity index is 3.15. The molecule has 0 saturated heterocycles. The number of carbonyl (C=O) groups is 1. The molecule has 0 radical (unpaired) electrons. The molecular weight excluding hydrogens is 210 g/mol. The zero-order valence-electron chi connectivity index (χ0n) is 8.27. The number of amides is 1. The van der Waals surface area contributed by atoms with Gasteiger partial charge in [0.25, 0.3) is 5.69 Å². The lowest BCUT2D eigenvalue weighted by molar-refractivity contribution is -0.384. The summed E-state index contributed by atoms with van der Waals surface area (Å²) in [4.78, 5) is 21.0. The fourth-order valence-electron chi connectivity index (χ4n) is 1.13. The highest BCUT2D eigenvalue weighted by Gasteiger charge is 2.15. The standard InChI is InChI=1S/C10H9N3O3/c1-2-5-12-8-4-3-7(10(11)14)6-9(8)13(15)16/h1,3-4,6,12H,5H2,(H2,11,14). The highest BCUT2D eigenvalue weighted by molar-refractivity contribution is 5.94. The van der Waals surface area contributed by atoms with Crippen molar-refractivity contribution in [3.8, 4) is 12.3 Å². The van der Waals surface area contributed by atoms with E-state index in [2.05, 4.69) is 11.2 Å². The van der Waals surface area contributed by atoms with Crippen molar-refractivity contribution in [2.45, 2.75) is 0 Å². The number of nitro benzene ring substituents is 1. The van der Waals surface area contributed by atoms with Crippen molar-refractivity contribution in [3.05, 3.63) is 33.9 Å². The number of anilines is 1. The van der Waals surface area contributed by atoms with Crippen LogP contribution in [-0.2, 0) is 0 Å². The summed E-state index contributed by atoms with van der Waals surface area (Å²) >= 11 is 0. The molecule has 0 unspecified atom stereocenters. The number of hydrogen-bond acceptors (Lipinski definition) is 4. The normalized spacial score (nSPS) is 9.19. The molecule has 6 nitrogen and oxygen atoms in total. The van der Waals surface area contributed by atoms with Crippen molar-refractivity contribution in [1.29, 1.82) is 0 Å². The first-order valence-corrected chi connectivity index (χ1v) is 4.32. The van der Waals surface area contributed by atoms with Gasteiger partial charge in [0, 0.05) is 11.6 Å². The third-order valence-corrected chi connectivity index (χ3v) is 1.86. The van der Waals surface area contributed by atoms with Gasteiger partial charge in [0.15, 0.2) is 0 Å². The van der Waals surface area contributed by atoms with Crippen molar-refractivity contribution < 1.29 is 9.72 Å². The summed E-state index contributed by atoms with van der Waals surface area (Å²) in [6, 6.07) is 3.91. The van der Waals surface area contributed by atoms with Crippen LogP contribution >= 0.6 is 0 Å². The fraction of sp³-hybridized carbons (Fsp3) is 0.100. The molecule has 3 N–H and O–H groups in total. The molecule has 1 amide bonds. The van der Waals surface area contributed by atoms with Gasteiger partial charge >= 0.3 is 0 Å². The van der Waals surface area contributed by atoms with Gasteiger partial charge in [-0.1, -0.05) is 5.92 Å². The maximum Gasteiger partial charge on any atom is 0.293 e. The molecule has 0 aliphatic heterocycles. The molecule has 0 fully saturated rings. The van der Waals surface area contributed by atoms with Gasteiger partial charge in [-0.05, 0) is 12.1 Å². The second kappa shape index (κ2) is 4.79. The zero-order valence-corrected chi connectivity index (χ0v) is 8.27. The third-order valence-electron chi connectivity index (χ3n) is 1.86. The Morgan fingerprint density at radius 2 is 2.31 bits per heavy atom. The lowest BCUT2D eigenvalue weighted by atomic mass is 10.1. The van der Waals surface area contributed by atoms with E-state index in [9.17, 15) is 14.9 Å². The number of nitrogens with zero attached hydrogens (tertiary/aromatic N) is 1. The first kappa shape index (κ1) is 11.5. The van der Waals surface area contributed by atoms with Gasteiger partial charge in [-0.25, -0.2) is 0 Å². The van der Waals surface area contributed by atoms with E-state index in [1.807, 2.05) is 0 Å². The van der Waals surface area contributed by atoms with Crippen LogP contribution in [0.5, 0.6) is 0 Å². The van der Waals surface area contributed by atoms with Gasteiger partial charge in [-0.3, -0.25) is 14.9 Å². The first-order valence-electron chi connectivity index (χ1n) is 4.32. The molecule has 1 rings (SSSR count). The number of nitrogens with one attached hydrogen (secondary N) is 1. The average molecular weight is 219 g/mol. The summed E-state index contributed by atoms with van der Waals surface area (Å²) in [5.74, 6) is 1.58. The Morgan fingerprint density at radius 1 is 1.62 bits per heavy atom. The molecule has 1 aromatic carbocycles. The monoisotopic (exact) mass is 219 g/mol. The van der Waals surface area contributed by atoms with E-state index in [-0.39, 0.29) is 23.5 Å². The summed E-state index contributed by atoms with van der Waals surface area (Å²) in [6.45, 7) is 0.163. The minimum Gasteiger partial charge on any atom is -0.369 e. The SMILES string of the molecule is C#CCNc1ccc(C(N)=O)cc1[N+](=O)[O-]. The van der Waals surface area contributed by atoms with Crippen LogP contribution in [0.4, 0.5) is 11.4 Å². The van der Waals surface area contributed by atoms with Crippen molar-refractivity contribution in [2.75, 3.05) is 11.9 Å². The molecule has 82 valence electrons. The second-order valence-corrected chi connectivity index (χ2v) is 2.91. The summed E-state index contributed by atoms with van der Waals surface area (Å²) in [5.41, 5.74) is 5.13. The molecule has 0 bridgehead atoms. The molecule has 0 aliphatic carbocycles. The number of benzene rings is 1. The predicted octanol–water partition coefficient (Wildman–Crippen LogP) is 0.739. The highest BCUT2D eigenvalue weighted by Crippen LogP contribution is 2.25. The van der Waals surface area contributed by atoms with Crippen molar-refractivity contribution in [3.63, 3.8) is 0 Å². The Morgan fingerprint density at radius 3 is 2.81 bits per heavy atom. The smallest absolute Gasteiger partial charge is 0.293 e. The van der Waals surface area contributed by atoms with Gasteiger partial charge in [-0.2, -0.15) is 0 Å². The Hall–Kier alpha value is -2.55. The summed E-state index contributed by atoms with van der Waals surface area (Å²) in [7, 11) is 0. The topological polar surface area (TPSA) is 98.3 Å². The van der Waals surface area contributed by atoms with Gasteiger partial charge in [0.2, 0.25) is 5.91 Å². The van der Waals surface area contributed by atoms with Crippen LogP contribution in [0, 0.1) is 22.5 Å². The van der Waals surface area contributed by atoms with E-state index < -0.39 is 10.8 Å². The van der Waals surface area contributed by atoms with Crippen LogP contribution in [0.25, 0.3) is 0 Å². The van der Waals surface area contributed by atoms with Crippen molar-refractivity contribution in [2.24, 2.45) is 5.73 Å². The number of hydrogen-bond donors (Lipinski definition) is 2. The summed E-state index contributed by atoms with van der Waals surface area (Å²) in [5, 5.41) is 13.4. The van der Waals surface area contributed by atoms with E-state index in [1.165, 1.54) is 12.1 Å². The van der Waals surface area contributed by atoms with E-state index in [0.717, 1.165) is 6.07 Å². The predicted molar refractivity (Wildman–Crippen MR) is 58.9 cm³/mol. The molecule has 0 saturated carbocycles. The van der Waals surface area contributed by atoms with E-state index in [0.29, 0.717) is 0 Å². The Bertz CT molecular complexity index is 477. The van der Waals surface area contributed by atoms with E-state index in [4.69, 9.17) is 12.2 Å². The molecule has 0 aliphatic rings. The number of nitrogens with two attached hydrogens (primary N) is 1. The van der Waals surface area contributed by atoms with Crippen LogP contribution in [0.2, 0.25) is 0 Å². The number of carbonyl (C=O) groups excluding carboxylic acids is 1. The molecular formula is C10H9N3O3. The highest BCUT2D eigenvalue weighted by atomic mass is 16.6. The molecule has 0 aromatic heterocycles. The molecule has 6 heteroatoms. The summed E-state index contributed by atoms with van der Waals surface area (Å²) in [6.07, 6.45) is 5.02. The van der Waals surface area contributed by atoms with Crippen LogP contribution in [0.3, 0.4) is 0 Å². The number of primary amides is 1. The minimum atomic E-state index is -0.716. The molecule has 1 aromatic rings. The lowest BCUT2D eigenvalue weighted by Gasteiger charge is -2.04. The van der Waals surface area contributed by atoms with Gasteiger partial charge < -0.3 is 11.1 Å². The van der Waals surface area contributed by atoms with Crippen LogP contribution in [0.1, 0.15) is 10.4 Å². The van der Waals surface area contributed by atoms with Crippen LogP contribution in [0.15, 0.2) is 18.2 Å². The van der Waals surface area contributed by atoms with Gasteiger partial charge in [0.1, 0.15) is 5.69 Å². The first-order chi connectivity index (χ1) is 7.56. The fourth-order valence-corrected chi connectivity index (χ4v) is 1.13. The van der Waals surface area contributed by atoms with E-state index in [1.54, 1.807) is 0 Å². The molecule has 0 atom stereocenters. The van der Waals surface area contributed by atoms with Crippen molar-refractivity contribution in [1.82, 2.24) is 0 Å². The Labute approximate surface area is 91.6 Å². The maximum atomic E-state index is 10.8. The quantitative estimate of drug-likeness (QED) is 0.443. The molecule has 0 heterocycles. The van der Waals surface area contributed by atoms with Crippen LogP contribution in [-0.4, -0.2) is 17.4 Å². The number of terminal acetylenes is 1. The van der Waals surface area contributed by atoms with Gasteiger partial charge in [-0.15, -0.1) is 6.42 Å². The Kier molecular flexibility index (Phi) is 3.45. The number of rotatable bonds is 4. The zero-order chi connectivity index (χ0) is 12.1. The van der Waals surface area contributed by atoms with Crippen molar-refractivity contribution >= 4 is 17.3 Å². The molecule has 16 heavy (non-hydrogen) atoms. The second-order valence-electron chi connectivity index (χ2n) is 2.91. The summed E-state index contributed by atoms with van der Waals surface area (Å²) < 4.78 is 0. The maximum absolute atomic E-state index is 10.8. The van der Waals surface area contributed by atoms with E-state index >= 15 is 0 Å². The minimum absolute atomic E-state index is 0.0814. The lowest BCUT2D eigenvalue weighted by Crippen LogP contribution is -2.12. The largest absolute Gasteiger partial charge is 0.369 e. The number of nitro groups is 1. The average Bonchev–Trinajstić information content (AvgIpc) is 2.25. The third kappa shape index (κ3) is 2.48. The molecule has 0 spiro atoms. The van der Waals surface area contributed by atoms with Crippen LogP contribution < -0.4 is 11.1 Å². The van der Waals surface area contributed by atoms with Gasteiger partial charge in [0.05, 0.1) is 11.5 Å².